The molecule has 16 heavy (non-hydrogen) atoms. The molecule has 0 saturated carbocycles. The quantitative estimate of drug-likeness (QED) is 0.644. The number of nitrogens with zero attached hydrogens (tertiary/aromatic N) is 3. The molecule has 0 radical (unpaired) electrons. The molecule has 0 aliphatic rings. The van der Waals surface area contributed by atoms with Crippen LogP contribution in [-0.4, -0.2) is 16.9 Å². The standard InChI is InChI=1S/C8H6BF3N3.K/c10-9(11,12)3-1-7-5-14-6-15-8(7)2-4-13;/h1,3,5-6H,2H2;/q-1;+1/b3-1+;. The van der Waals surface area contributed by atoms with Crippen molar-refractivity contribution in [3.8, 4) is 6.07 Å². The van der Waals surface area contributed by atoms with Crippen LogP contribution in [0.5, 0.6) is 0 Å². The summed E-state index contributed by atoms with van der Waals surface area (Å²) in [5.74, 6) is 0.152. The summed E-state index contributed by atoms with van der Waals surface area (Å²) in [6.07, 6.45) is 3.29. The first kappa shape index (κ1) is 15.8. The average Bonchev–Trinajstić information content (AvgIpc) is 2.16. The fraction of sp³-hybridized carbons (Fsp3) is 0.125. The zero-order valence-electron chi connectivity index (χ0n) is 8.57. The van der Waals surface area contributed by atoms with Gasteiger partial charge in [-0.2, -0.15) is 5.26 Å². The molecule has 0 unspecified atom stereocenters. The van der Waals surface area contributed by atoms with Crippen LogP contribution >= 0.6 is 0 Å². The molecular formula is C8H6BF3KN3. The molecule has 1 rings (SSSR count). The van der Waals surface area contributed by atoms with Crippen LogP contribution in [0.1, 0.15) is 11.3 Å². The number of rotatable bonds is 3. The molecule has 1 aromatic heterocycles. The first-order chi connectivity index (χ1) is 7.03. The zero-order valence-corrected chi connectivity index (χ0v) is 11.7. The largest absolute Gasteiger partial charge is 1.00 e. The molecule has 3 nitrogen and oxygen atoms in total. The van der Waals surface area contributed by atoms with E-state index in [1.807, 2.05) is 6.07 Å². The second-order valence-electron chi connectivity index (χ2n) is 2.74. The van der Waals surface area contributed by atoms with Gasteiger partial charge in [-0.25, -0.2) is 9.97 Å². The van der Waals surface area contributed by atoms with Gasteiger partial charge in [0, 0.05) is 11.8 Å². The molecule has 0 amide bonds. The van der Waals surface area contributed by atoms with Crippen molar-refractivity contribution in [3.63, 3.8) is 0 Å². The van der Waals surface area contributed by atoms with Gasteiger partial charge in [-0.15, -0.1) is 5.98 Å². The SMILES string of the molecule is N#CCc1ncncc1/C=C/[B-](F)(F)F.[K+]. The van der Waals surface area contributed by atoms with Crippen LogP contribution in [0, 0.1) is 11.3 Å². The topological polar surface area (TPSA) is 49.6 Å². The molecule has 0 aromatic carbocycles. The fourth-order valence-electron chi connectivity index (χ4n) is 0.940. The van der Waals surface area contributed by atoms with Crippen LogP contribution in [0.3, 0.4) is 0 Å². The molecule has 0 aliphatic carbocycles. The van der Waals surface area contributed by atoms with Crippen LogP contribution in [-0.2, 0) is 6.42 Å². The third kappa shape index (κ3) is 5.77. The Morgan fingerprint density at radius 2 is 2.12 bits per heavy atom. The van der Waals surface area contributed by atoms with Crippen LogP contribution in [0.2, 0.25) is 0 Å². The van der Waals surface area contributed by atoms with Crippen molar-refractivity contribution in [1.82, 2.24) is 9.97 Å². The van der Waals surface area contributed by atoms with Crippen molar-refractivity contribution in [3.05, 3.63) is 29.8 Å². The van der Waals surface area contributed by atoms with Gasteiger partial charge in [0.25, 0.3) is 0 Å². The second-order valence-corrected chi connectivity index (χ2v) is 2.74. The molecule has 0 N–H and O–H groups in total. The number of nitriles is 1. The van der Waals surface area contributed by atoms with Gasteiger partial charge in [-0.3, -0.25) is 0 Å². The first-order valence-corrected chi connectivity index (χ1v) is 4.08. The minimum atomic E-state index is -4.97. The molecule has 0 aliphatic heterocycles. The summed E-state index contributed by atoms with van der Waals surface area (Å²) in [6.45, 7) is -4.97. The summed E-state index contributed by atoms with van der Waals surface area (Å²) < 4.78 is 35.8. The van der Waals surface area contributed by atoms with Crippen molar-refractivity contribution in [2.45, 2.75) is 6.42 Å². The molecule has 0 fully saturated rings. The zero-order chi connectivity index (χ0) is 11.3. The van der Waals surface area contributed by atoms with Crippen molar-refractivity contribution < 1.29 is 64.3 Å². The summed E-state index contributed by atoms with van der Waals surface area (Å²) in [6, 6.07) is 1.82. The Morgan fingerprint density at radius 1 is 1.44 bits per heavy atom. The van der Waals surface area contributed by atoms with Crippen LogP contribution in [0.15, 0.2) is 18.5 Å². The third-order valence-corrected chi connectivity index (χ3v) is 1.57. The Hall–Kier alpha value is -0.199. The molecule has 78 valence electrons. The Balaban J connectivity index is 0.00000225. The number of halogens is 3. The third-order valence-electron chi connectivity index (χ3n) is 1.57. The normalized spacial score (nSPS) is 10.9. The van der Waals surface area contributed by atoms with E-state index in [9.17, 15) is 12.9 Å². The van der Waals surface area contributed by atoms with Crippen molar-refractivity contribution in [1.29, 1.82) is 5.26 Å². The first-order valence-electron chi connectivity index (χ1n) is 4.08. The van der Waals surface area contributed by atoms with Crippen molar-refractivity contribution >= 4 is 13.1 Å². The molecule has 1 aromatic rings. The van der Waals surface area contributed by atoms with Crippen molar-refractivity contribution in [2.75, 3.05) is 0 Å². The molecule has 8 heteroatoms. The number of hydrogen-bond acceptors (Lipinski definition) is 3. The van der Waals surface area contributed by atoms with E-state index in [4.69, 9.17) is 5.26 Å². The smallest absolute Gasteiger partial charge is 0.445 e. The maximum Gasteiger partial charge on any atom is 1.00 e. The van der Waals surface area contributed by atoms with Gasteiger partial charge in [-0.05, 0) is 0 Å². The van der Waals surface area contributed by atoms with Crippen molar-refractivity contribution in [2.24, 2.45) is 0 Å². The number of aromatic nitrogens is 2. The molecule has 0 spiro atoms. The van der Waals surface area contributed by atoms with Crippen LogP contribution in [0.4, 0.5) is 12.9 Å². The van der Waals surface area contributed by atoms with E-state index in [0.717, 1.165) is 6.08 Å². The van der Waals surface area contributed by atoms with Gasteiger partial charge < -0.3 is 12.9 Å². The molecule has 1 heterocycles. The fourth-order valence-corrected chi connectivity index (χ4v) is 0.940. The van der Waals surface area contributed by atoms with E-state index in [2.05, 4.69) is 9.97 Å². The maximum absolute atomic E-state index is 11.9. The minimum absolute atomic E-state index is 0. The Labute approximate surface area is 133 Å². The summed E-state index contributed by atoms with van der Waals surface area (Å²) in [7, 11) is 0. The maximum atomic E-state index is 11.9. The summed E-state index contributed by atoms with van der Waals surface area (Å²) in [5.41, 5.74) is 0.516. The summed E-state index contributed by atoms with van der Waals surface area (Å²) in [5, 5.41) is 8.42. The second kappa shape index (κ2) is 7.19. The van der Waals surface area contributed by atoms with Gasteiger partial charge in [0.2, 0.25) is 0 Å². The number of hydrogen-bond donors (Lipinski definition) is 0. The van der Waals surface area contributed by atoms with Crippen LogP contribution in [0.25, 0.3) is 6.08 Å². The minimum Gasteiger partial charge on any atom is -0.445 e. The summed E-state index contributed by atoms with van der Waals surface area (Å²) in [4.78, 5) is 7.32. The van der Waals surface area contributed by atoms with E-state index < -0.39 is 6.98 Å². The predicted octanol–water partition coefficient (Wildman–Crippen LogP) is -1.05. The van der Waals surface area contributed by atoms with E-state index in [1.54, 1.807) is 0 Å². The molecular weight excluding hydrogens is 245 g/mol. The van der Waals surface area contributed by atoms with Gasteiger partial charge in [-0.1, -0.05) is 6.08 Å². The molecule has 0 saturated heterocycles. The van der Waals surface area contributed by atoms with Gasteiger partial charge in [0.05, 0.1) is 18.2 Å². The Morgan fingerprint density at radius 3 is 2.69 bits per heavy atom. The van der Waals surface area contributed by atoms with E-state index in [-0.39, 0.29) is 69.3 Å². The van der Waals surface area contributed by atoms with E-state index in [1.165, 1.54) is 12.5 Å². The van der Waals surface area contributed by atoms with Gasteiger partial charge >= 0.3 is 58.4 Å². The predicted molar refractivity (Wildman–Crippen MR) is 49.5 cm³/mol. The Kier molecular flexibility index (Phi) is 7.10. The van der Waals surface area contributed by atoms with E-state index in [0.29, 0.717) is 5.69 Å². The molecule has 0 bridgehead atoms. The molecule has 0 atom stereocenters. The van der Waals surface area contributed by atoms with Gasteiger partial charge in [0.1, 0.15) is 6.33 Å². The Bertz CT molecular complexity index is 414. The summed E-state index contributed by atoms with van der Waals surface area (Å²) >= 11 is 0. The average molecular weight is 251 g/mol. The monoisotopic (exact) mass is 251 g/mol. The van der Waals surface area contributed by atoms with Crippen LogP contribution < -0.4 is 51.4 Å². The van der Waals surface area contributed by atoms with Gasteiger partial charge in [0.15, 0.2) is 0 Å². The van der Waals surface area contributed by atoms with E-state index >= 15 is 0 Å².